The minimum atomic E-state index is -0.935. The van der Waals surface area contributed by atoms with Crippen molar-refractivity contribution in [3.63, 3.8) is 0 Å². The number of piperidine rings is 1. The summed E-state index contributed by atoms with van der Waals surface area (Å²) >= 11 is 0. The number of amides is 3. The van der Waals surface area contributed by atoms with Gasteiger partial charge in [0.25, 0.3) is 0 Å². The van der Waals surface area contributed by atoms with Crippen molar-refractivity contribution in [3.8, 4) is 0 Å². The number of hydrogen-bond donors (Lipinski definition) is 0. The molecule has 9 nitrogen and oxygen atoms in total. The Bertz CT molecular complexity index is 1040. The first-order valence-electron chi connectivity index (χ1n) is 13.2. The summed E-state index contributed by atoms with van der Waals surface area (Å²) in [5.41, 5.74) is -0.251. The number of likely N-dealkylation sites (tertiary alicyclic amines) is 1. The third kappa shape index (κ3) is 4.67. The van der Waals surface area contributed by atoms with Gasteiger partial charge in [0.15, 0.2) is 0 Å². The maximum Gasteiger partial charge on any atom is 0.318 e. The molecule has 2 aliphatic carbocycles. The summed E-state index contributed by atoms with van der Waals surface area (Å²) in [6, 6.07) is 3.58. The van der Waals surface area contributed by atoms with E-state index in [2.05, 4.69) is 0 Å². The molecule has 2 aliphatic heterocycles. The Morgan fingerprint density at radius 3 is 2.56 bits per heavy atom. The molecule has 0 aromatic carbocycles. The molecule has 0 N–H and O–H groups in total. The lowest BCUT2D eigenvalue weighted by Gasteiger charge is -2.48. The van der Waals surface area contributed by atoms with Crippen LogP contribution >= 0.6 is 0 Å². The Morgan fingerprint density at radius 1 is 1.14 bits per heavy atom. The lowest BCUT2D eigenvalue weighted by atomic mass is 9.66. The lowest BCUT2D eigenvalue weighted by Crippen LogP contribution is -2.55. The van der Waals surface area contributed by atoms with Gasteiger partial charge in [0.1, 0.15) is 11.2 Å². The normalized spacial score (nSPS) is 26.4. The average Bonchev–Trinajstić information content (AvgIpc) is 3.62. The van der Waals surface area contributed by atoms with Gasteiger partial charge < -0.3 is 23.9 Å². The van der Waals surface area contributed by atoms with E-state index in [4.69, 9.17) is 9.15 Å². The molecule has 0 radical (unpaired) electrons. The molecular weight excluding hydrogens is 462 g/mol. The molecule has 1 saturated carbocycles. The minimum Gasteiger partial charge on any atom is -0.467 e. The molecule has 9 heteroatoms. The van der Waals surface area contributed by atoms with Crippen molar-refractivity contribution in [1.29, 1.82) is 0 Å². The van der Waals surface area contributed by atoms with Crippen molar-refractivity contribution in [2.75, 3.05) is 32.8 Å². The molecule has 3 heterocycles. The highest BCUT2D eigenvalue weighted by Gasteiger charge is 2.54. The molecule has 1 aromatic heterocycles. The van der Waals surface area contributed by atoms with E-state index in [0.29, 0.717) is 44.1 Å². The second-order valence-electron chi connectivity index (χ2n) is 10.4. The van der Waals surface area contributed by atoms with Gasteiger partial charge in [-0.1, -0.05) is 6.08 Å². The van der Waals surface area contributed by atoms with E-state index in [9.17, 15) is 19.2 Å². The van der Waals surface area contributed by atoms with Crippen LogP contribution in [0.3, 0.4) is 0 Å². The largest absolute Gasteiger partial charge is 0.467 e. The Morgan fingerprint density at radius 2 is 1.89 bits per heavy atom. The van der Waals surface area contributed by atoms with E-state index in [1.807, 2.05) is 11.0 Å². The number of furan rings is 1. The van der Waals surface area contributed by atoms with Gasteiger partial charge in [0.2, 0.25) is 17.7 Å². The molecule has 36 heavy (non-hydrogen) atoms. The zero-order valence-corrected chi connectivity index (χ0v) is 20.9. The molecule has 2 saturated heterocycles. The van der Waals surface area contributed by atoms with Crippen LogP contribution < -0.4 is 0 Å². The van der Waals surface area contributed by atoms with Crippen molar-refractivity contribution in [3.05, 3.63) is 35.9 Å². The summed E-state index contributed by atoms with van der Waals surface area (Å²) in [5.74, 6) is -0.218. The zero-order chi connectivity index (χ0) is 25.3. The van der Waals surface area contributed by atoms with E-state index in [1.54, 1.807) is 35.1 Å². The molecule has 4 aliphatic rings. The lowest BCUT2D eigenvalue weighted by molar-refractivity contribution is -0.163. The minimum absolute atomic E-state index is 0.0402. The molecule has 0 unspecified atom stereocenters. The number of carbonyl (C=O) groups is 4. The quantitative estimate of drug-likeness (QED) is 0.537. The van der Waals surface area contributed by atoms with Crippen LogP contribution in [0.4, 0.5) is 0 Å². The van der Waals surface area contributed by atoms with Gasteiger partial charge in [0, 0.05) is 50.1 Å². The van der Waals surface area contributed by atoms with E-state index in [-0.39, 0.29) is 55.6 Å². The second-order valence-corrected chi connectivity index (χ2v) is 10.4. The van der Waals surface area contributed by atoms with E-state index >= 15 is 0 Å². The fourth-order valence-corrected chi connectivity index (χ4v) is 5.93. The van der Waals surface area contributed by atoms with Gasteiger partial charge in [-0.3, -0.25) is 19.2 Å². The van der Waals surface area contributed by atoms with Gasteiger partial charge in [-0.05, 0) is 57.6 Å². The van der Waals surface area contributed by atoms with Crippen molar-refractivity contribution in [1.82, 2.24) is 14.7 Å². The van der Waals surface area contributed by atoms with Gasteiger partial charge in [-0.2, -0.15) is 0 Å². The van der Waals surface area contributed by atoms with Crippen molar-refractivity contribution in [2.24, 2.45) is 17.3 Å². The van der Waals surface area contributed by atoms with Crippen molar-refractivity contribution < 1.29 is 28.3 Å². The van der Waals surface area contributed by atoms with E-state index < -0.39 is 11.3 Å². The topological polar surface area (TPSA) is 100 Å². The highest BCUT2D eigenvalue weighted by atomic mass is 16.5. The molecular formula is C27H35N3O6. The first-order chi connectivity index (χ1) is 17.4. The van der Waals surface area contributed by atoms with Crippen LogP contribution in [-0.2, 0) is 30.5 Å². The number of piperazine rings is 1. The Balaban J connectivity index is 1.34. The second kappa shape index (κ2) is 10.1. The smallest absolute Gasteiger partial charge is 0.318 e. The molecule has 3 amide bonds. The summed E-state index contributed by atoms with van der Waals surface area (Å²) in [6.45, 7) is 4.27. The van der Waals surface area contributed by atoms with Gasteiger partial charge in [-0.25, -0.2) is 0 Å². The third-order valence-electron chi connectivity index (χ3n) is 7.99. The highest BCUT2D eigenvalue weighted by molar-refractivity contribution is 5.92. The number of allylic oxidation sites excluding steroid dienone is 1. The number of ether oxygens (including phenoxy) is 1. The predicted octanol–water partition coefficient (Wildman–Crippen LogP) is 2.72. The Labute approximate surface area is 211 Å². The first kappa shape index (κ1) is 24.6. The molecule has 0 bridgehead atoms. The number of carbonyl (C=O) groups excluding carboxylic acids is 4. The SMILES string of the molecule is CCOC(=O)[C@]12CCCC=C1N(Cc1ccco1)C(=O)[C@H](CC(=O)N1CCN(C(=O)C3CC3)CC1)C2. The van der Waals surface area contributed by atoms with Crippen LogP contribution in [0.15, 0.2) is 34.6 Å². The summed E-state index contributed by atoms with van der Waals surface area (Å²) in [6.07, 6.45) is 7.99. The fourth-order valence-electron chi connectivity index (χ4n) is 5.93. The Hall–Kier alpha value is -3.10. The zero-order valence-electron chi connectivity index (χ0n) is 20.9. The van der Waals surface area contributed by atoms with E-state index in [1.165, 1.54) is 0 Å². The number of hydrogen-bond acceptors (Lipinski definition) is 6. The molecule has 2 atom stereocenters. The number of esters is 1. The molecule has 194 valence electrons. The fraction of sp³-hybridized carbons (Fsp3) is 0.630. The van der Waals surface area contributed by atoms with Crippen molar-refractivity contribution >= 4 is 23.7 Å². The number of nitrogens with zero attached hydrogens (tertiary/aromatic N) is 3. The summed E-state index contributed by atoms with van der Waals surface area (Å²) in [7, 11) is 0. The molecule has 3 fully saturated rings. The summed E-state index contributed by atoms with van der Waals surface area (Å²) in [5, 5.41) is 0. The van der Waals surface area contributed by atoms with E-state index in [0.717, 1.165) is 25.7 Å². The van der Waals surface area contributed by atoms with Gasteiger partial charge in [0.05, 0.1) is 19.4 Å². The summed E-state index contributed by atoms with van der Waals surface area (Å²) < 4.78 is 11.0. The third-order valence-corrected chi connectivity index (χ3v) is 7.99. The standard InChI is InChI=1S/C27H35N3O6/c1-2-35-26(34)27-10-4-3-7-22(27)30(18-21-6-5-15-36-21)25(33)20(17-27)16-23(31)28-11-13-29(14-12-28)24(32)19-8-9-19/h5-7,15,19-20H,2-4,8-14,16-18H2,1H3/t20-,27+/m1/s1. The molecule has 0 spiro atoms. The molecule has 5 rings (SSSR count). The number of fused-ring (bicyclic) bond motifs is 1. The first-order valence-corrected chi connectivity index (χ1v) is 13.2. The maximum atomic E-state index is 13.7. The number of rotatable bonds is 7. The van der Waals surface area contributed by atoms with Crippen LogP contribution in [-0.4, -0.2) is 71.2 Å². The van der Waals surface area contributed by atoms with Gasteiger partial charge >= 0.3 is 5.97 Å². The maximum absolute atomic E-state index is 13.7. The monoisotopic (exact) mass is 497 g/mol. The molecule has 1 aromatic rings. The van der Waals surface area contributed by atoms with Crippen LogP contribution in [0.1, 0.15) is 57.6 Å². The van der Waals surface area contributed by atoms with Crippen molar-refractivity contribution in [2.45, 2.75) is 58.4 Å². The predicted molar refractivity (Wildman–Crippen MR) is 129 cm³/mol. The van der Waals surface area contributed by atoms with Crippen LogP contribution in [0, 0.1) is 17.3 Å². The van der Waals surface area contributed by atoms with Gasteiger partial charge in [-0.15, -0.1) is 0 Å². The highest BCUT2D eigenvalue weighted by Crippen LogP contribution is 2.50. The van der Waals surface area contributed by atoms with Crippen LogP contribution in [0.5, 0.6) is 0 Å². The Kier molecular flexibility index (Phi) is 6.90. The van der Waals surface area contributed by atoms with Crippen LogP contribution in [0.25, 0.3) is 0 Å². The van der Waals surface area contributed by atoms with Crippen LogP contribution in [0.2, 0.25) is 0 Å². The average molecular weight is 498 g/mol. The summed E-state index contributed by atoms with van der Waals surface area (Å²) in [4.78, 5) is 58.0.